The van der Waals surface area contributed by atoms with Crippen LogP contribution >= 0.6 is 11.3 Å². The van der Waals surface area contributed by atoms with E-state index in [0.29, 0.717) is 34.4 Å². The van der Waals surface area contributed by atoms with Crippen LogP contribution in [0.1, 0.15) is 39.9 Å². The molecule has 3 aromatic rings. The van der Waals surface area contributed by atoms with Gasteiger partial charge in [0.05, 0.1) is 18.2 Å². The number of amides is 1. The molecule has 0 fully saturated rings. The molecule has 3 heterocycles. The molecule has 1 aromatic carbocycles. The van der Waals surface area contributed by atoms with Gasteiger partial charge in [0.15, 0.2) is 23.0 Å². The maximum Gasteiger partial charge on any atom is 0.296 e. The predicted molar refractivity (Wildman–Crippen MR) is 126 cm³/mol. The third-order valence-electron chi connectivity index (χ3n) is 5.08. The Bertz CT molecular complexity index is 1290. The molecule has 10 heteroatoms. The van der Waals surface area contributed by atoms with Gasteiger partial charge in [-0.15, -0.1) is 10.2 Å². The number of ether oxygens (including phenoxy) is 2. The highest BCUT2D eigenvalue weighted by atomic mass is 32.1. The molecule has 0 saturated heterocycles. The van der Waals surface area contributed by atoms with Crippen molar-refractivity contribution in [2.45, 2.75) is 26.8 Å². The number of aliphatic hydroxyl groups excluding tert-OH is 1. The van der Waals surface area contributed by atoms with Crippen LogP contribution in [-0.2, 0) is 4.79 Å². The maximum atomic E-state index is 13.4. The number of ketones is 1. The minimum absolute atomic E-state index is 0.0168. The SMILES string of the molecule is C=CCOc1ccc(C2C(C(=O)c3ccc(C)o3)=C(O)C(=O)N2c2nnc(C)s2)cc1OCC. The highest BCUT2D eigenvalue weighted by Crippen LogP contribution is 2.44. The first-order chi connectivity index (χ1) is 16.3. The summed E-state index contributed by atoms with van der Waals surface area (Å²) in [4.78, 5) is 27.8. The number of anilines is 1. The molecule has 0 spiro atoms. The number of aryl methyl sites for hydroxylation is 2. The summed E-state index contributed by atoms with van der Waals surface area (Å²) >= 11 is 1.17. The number of aromatic nitrogens is 2. The maximum absolute atomic E-state index is 13.4. The van der Waals surface area contributed by atoms with Crippen LogP contribution in [0.25, 0.3) is 0 Å². The quantitative estimate of drug-likeness (QED) is 0.351. The summed E-state index contributed by atoms with van der Waals surface area (Å²) in [6, 6.07) is 7.24. The highest BCUT2D eigenvalue weighted by molar-refractivity contribution is 7.15. The standard InChI is InChI=1S/C24H23N3O6S/c1-5-11-32-16-10-8-15(12-18(16)31-6-2)20-19(21(28)17-9-7-13(3)33-17)22(29)23(30)27(20)24-26-25-14(4)34-24/h5,7-10,12,20,29H,1,6,11H2,2-4H3. The number of Topliss-reactive ketones (excluding diaryl/α,β-unsaturated/α-hetero) is 1. The van der Waals surface area contributed by atoms with Crippen LogP contribution in [0.2, 0.25) is 0 Å². The van der Waals surface area contributed by atoms with Crippen molar-refractivity contribution in [3.8, 4) is 11.5 Å². The second-order valence-electron chi connectivity index (χ2n) is 7.42. The minimum Gasteiger partial charge on any atom is -0.503 e. The first-order valence-corrected chi connectivity index (χ1v) is 11.4. The number of carbonyl (C=O) groups is 2. The van der Waals surface area contributed by atoms with Crippen molar-refractivity contribution < 1.29 is 28.6 Å². The van der Waals surface area contributed by atoms with Crippen molar-refractivity contribution >= 4 is 28.2 Å². The number of carbonyl (C=O) groups excluding carboxylic acids is 2. The van der Waals surface area contributed by atoms with Crippen molar-refractivity contribution in [2.75, 3.05) is 18.1 Å². The van der Waals surface area contributed by atoms with Gasteiger partial charge in [-0.25, -0.2) is 0 Å². The van der Waals surface area contributed by atoms with E-state index in [1.165, 1.54) is 22.3 Å². The number of benzene rings is 1. The fourth-order valence-electron chi connectivity index (χ4n) is 3.65. The van der Waals surface area contributed by atoms with Crippen molar-refractivity contribution in [1.29, 1.82) is 0 Å². The molecule has 0 aliphatic carbocycles. The van der Waals surface area contributed by atoms with E-state index >= 15 is 0 Å². The van der Waals surface area contributed by atoms with Gasteiger partial charge in [-0.3, -0.25) is 14.5 Å². The van der Waals surface area contributed by atoms with Gasteiger partial charge in [0, 0.05) is 0 Å². The van der Waals surface area contributed by atoms with Crippen LogP contribution in [0.4, 0.5) is 5.13 Å². The van der Waals surface area contributed by atoms with E-state index in [4.69, 9.17) is 13.9 Å². The molecule has 0 bridgehead atoms. The lowest BCUT2D eigenvalue weighted by Gasteiger charge is -2.24. The number of rotatable bonds is 9. The first kappa shape index (κ1) is 23.2. The Morgan fingerprint density at radius 1 is 1.24 bits per heavy atom. The van der Waals surface area contributed by atoms with Crippen LogP contribution in [0.5, 0.6) is 11.5 Å². The molecule has 4 rings (SSSR count). The Kier molecular flexibility index (Phi) is 6.51. The molecular weight excluding hydrogens is 458 g/mol. The summed E-state index contributed by atoms with van der Waals surface area (Å²) in [5.41, 5.74) is 0.403. The molecule has 1 atom stereocenters. The first-order valence-electron chi connectivity index (χ1n) is 10.5. The number of nitrogens with zero attached hydrogens (tertiary/aromatic N) is 3. The van der Waals surface area contributed by atoms with E-state index in [1.54, 1.807) is 44.2 Å². The second-order valence-corrected chi connectivity index (χ2v) is 8.58. The second kappa shape index (κ2) is 9.52. The molecule has 0 radical (unpaired) electrons. The Morgan fingerprint density at radius 3 is 2.65 bits per heavy atom. The lowest BCUT2D eigenvalue weighted by Crippen LogP contribution is -2.31. The monoisotopic (exact) mass is 481 g/mol. The zero-order chi connectivity index (χ0) is 24.4. The van der Waals surface area contributed by atoms with Gasteiger partial charge in [-0.2, -0.15) is 0 Å². The lowest BCUT2D eigenvalue weighted by molar-refractivity contribution is -0.117. The molecular formula is C24H23N3O6S. The summed E-state index contributed by atoms with van der Waals surface area (Å²) in [5, 5.41) is 19.8. The van der Waals surface area contributed by atoms with Gasteiger partial charge in [0.1, 0.15) is 17.4 Å². The summed E-state index contributed by atoms with van der Waals surface area (Å²) in [6.45, 7) is 9.59. The summed E-state index contributed by atoms with van der Waals surface area (Å²) in [6.07, 6.45) is 1.61. The fourth-order valence-corrected chi connectivity index (χ4v) is 4.37. The molecule has 1 unspecified atom stereocenters. The van der Waals surface area contributed by atoms with E-state index in [0.717, 1.165) is 0 Å². The molecule has 1 aliphatic heterocycles. The van der Waals surface area contributed by atoms with Crippen LogP contribution in [0.3, 0.4) is 0 Å². The van der Waals surface area contributed by atoms with Gasteiger partial charge < -0.3 is 19.0 Å². The normalized spacial score (nSPS) is 15.7. The lowest BCUT2D eigenvalue weighted by atomic mass is 9.95. The molecule has 34 heavy (non-hydrogen) atoms. The van der Waals surface area contributed by atoms with Crippen molar-refractivity contribution in [2.24, 2.45) is 0 Å². The number of hydrogen-bond donors (Lipinski definition) is 1. The molecule has 9 nitrogen and oxygen atoms in total. The van der Waals surface area contributed by atoms with Gasteiger partial charge in [-0.05, 0) is 50.6 Å². The number of furan rings is 1. The summed E-state index contributed by atoms with van der Waals surface area (Å²) in [5.74, 6) is -0.561. The van der Waals surface area contributed by atoms with E-state index in [2.05, 4.69) is 16.8 Å². The Hall–Kier alpha value is -3.92. The van der Waals surface area contributed by atoms with Crippen LogP contribution in [-0.4, -0.2) is 40.2 Å². The topological polar surface area (TPSA) is 115 Å². The van der Waals surface area contributed by atoms with E-state index < -0.39 is 23.5 Å². The summed E-state index contributed by atoms with van der Waals surface area (Å²) in [7, 11) is 0. The third-order valence-corrected chi connectivity index (χ3v) is 5.92. The average molecular weight is 482 g/mol. The fraction of sp³-hybridized carbons (Fsp3) is 0.250. The van der Waals surface area contributed by atoms with Crippen LogP contribution in [0, 0.1) is 13.8 Å². The van der Waals surface area contributed by atoms with E-state index in [-0.39, 0.29) is 23.1 Å². The molecule has 2 aromatic heterocycles. The highest BCUT2D eigenvalue weighted by Gasteiger charge is 2.46. The van der Waals surface area contributed by atoms with E-state index in [9.17, 15) is 14.7 Å². The Labute approximate surface area is 199 Å². The van der Waals surface area contributed by atoms with Crippen LogP contribution < -0.4 is 14.4 Å². The Balaban J connectivity index is 1.86. The van der Waals surface area contributed by atoms with Gasteiger partial charge in [0.2, 0.25) is 10.9 Å². The minimum atomic E-state index is -0.981. The zero-order valence-corrected chi connectivity index (χ0v) is 19.7. The molecule has 1 N–H and O–H groups in total. The largest absolute Gasteiger partial charge is 0.503 e. The molecule has 176 valence electrons. The van der Waals surface area contributed by atoms with Crippen LogP contribution in [0.15, 0.2) is 58.7 Å². The van der Waals surface area contributed by atoms with Crippen molar-refractivity contribution in [1.82, 2.24) is 10.2 Å². The number of hydrogen-bond acceptors (Lipinski definition) is 9. The van der Waals surface area contributed by atoms with E-state index in [1.807, 2.05) is 6.92 Å². The Morgan fingerprint density at radius 2 is 2.03 bits per heavy atom. The van der Waals surface area contributed by atoms with Gasteiger partial charge in [-0.1, -0.05) is 30.1 Å². The smallest absolute Gasteiger partial charge is 0.296 e. The van der Waals surface area contributed by atoms with Crippen molar-refractivity contribution in [3.63, 3.8) is 0 Å². The summed E-state index contributed by atoms with van der Waals surface area (Å²) < 4.78 is 16.9. The third kappa shape index (κ3) is 4.19. The predicted octanol–water partition coefficient (Wildman–Crippen LogP) is 4.49. The zero-order valence-electron chi connectivity index (χ0n) is 18.9. The van der Waals surface area contributed by atoms with Gasteiger partial charge >= 0.3 is 0 Å². The molecule has 1 aliphatic rings. The average Bonchev–Trinajstić information content (AvgIpc) is 3.51. The molecule has 0 saturated carbocycles. The molecule has 1 amide bonds. The number of aliphatic hydroxyl groups is 1. The van der Waals surface area contributed by atoms with Gasteiger partial charge in [0.25, 0.3) is 5.91 Å². The van der Waals surface area contributed by atoms with Crippen molar-refractivity contribution in [3.05, 3.63) is 76.4 Å².